The summed E-state index contributed by atoms with van der Waals surface area (Å²) in [5.74, 6) is 0. The molecule has 0 amide bonds. The molecule has 0 fully saturated rings. The summed E-state index contributed by atoms with van der Waals surface area (Å²) in [4.78, 5) is 11.3. The van der Waals surface area contributed by atoms with Crippen LogP contribution in [0, 0.1) is 0 Å². The normalized spacial score (nSPS) is 11.2. The van der Waals surface area contributed by atoms with E-state index in [1.807, 2.05) is 23.6 Å². The van der Waals surface area contributed by atoms with Crippen molar-refractivity contribution in [1.82, 2.24) is 10.2 Å². The van der Waals surface area contributed by atoms with Crippen molar-refractivity contribution in [2.75, 3.05) is 5.73 Å². The van der Waals surface area contributed by atoms with Crippen molar-refractivity contribution >= 4 is 38.0 Å². The molecule has 0 saturated carbocycles. The van der Waals surface area contributed by atoms with Crippen molar-refractivity contribution in [1.29, 1.82) is 0 Å². The number of aromatic nitrogens is 2. The highest BCUT2D eigenvalue weighted by molar-refractivity contribution is 7.18. The van der Waals surface area contributed by atoms with E-state index in [4.69, 9.17) is 5.73 Å². The molecule has 3 aromatic rings. The van der Waals surface area contributed by atoms with Crippen LogP contribution in [-0.2, 0) is 0 Å². The zero-order chi connectivity index (χ0) is 10.4. The summed E-state index contributed by atoms with van der Waals surface area (Å²) in [5.41, 5.74) is 6.36. The van der Waals surface area contributed by atoms with Crippen LogP contribution in [0.1, 0.15) is 0 Å². The third-order valence-corrected chi connectivity index (χ3v) is 3.34. The number of nitrogen functional groups attached to an aromatic ring is 1. The lowest BCUT2D eigenvalue weighted by Gasteiger charge is -2.00. The first kappa shape index (κ1) is 8.43. The number of aromatic amines is 1. The van der Waals surface area contributed by atoms with E-state index in [2.05, 4.69) is 10.2 Å². The molecule has 0 aliphatic heterocycles. The molecule has 0 spiro atoms. The van der Waals surface area contributed by atoms with Gasteiger partial charge in [0.05, 0.1) is 4.70 Å². The Hall–Kier alpha value is -1.88. The monoisotopic (exact) mass is 217 g/mol. The molecule has 0 unspecified atom stereocenters. The number of nitrogens with one attached hydrogen (secondary N) is 1. The molecule has 5 heteroatoms. The maximum Gasteiger partial charge on any atom is 0.287 e. The summed E-state index contributed by atoms with van der Waals surface area (Å²) >= 11 is 1.59. The average Bonchev–Trinajstić information content (AvgIpc) is 2.71. The maximum atomic E-state index is 11.3. The number of nitrogens with two attached hydrogens (primary N) is 1. The summed E-state index contributed by atoms with van der Waals surface area (Å²) in [5, 5.41) is 10.3. The van der Waals surface area contributed by atoms with Crippen LogP contribution in [0.3, 0.4) is 0 Å². The molecule has 15 heavy (non-hydrogen) atoms. The molecule has 0 aliphatic carbocycles. The Labute approximate surface area is 88.3 Å². The van der Waals surface area contributed by atoms with E-state index in [9.17, 15) is 4.79 Å². The highest BCUT2D eigenvalue weighted by atomic mass is 32.1. The van der Waals surface area contributed by atoms with Crippen molar-refractivity contribution in [3.05, 3.63) is 33.9 Å². The maximum absolute atomic E-state index is 11.3. The van der Waals surface area contributed by atoms with Gasteiger partial charge in [-0.05, 0) is 22.9 Å². The van der Waals surface area contributed by atoms with Crippen molar-refractivity contribution in [3.63, 3.8) is 0 Å². The number of fused-ring (bicyclic) bond motifs is 3. The van der Waals surface area contributed by atoms with E-state index in [-0.39, 0.29) is 11.2 Å². The minimum absolute atomic E-state index is 0.232. The first-order valence-corrected chi connectivity index (χ1v) is 5.29. The van der Waals surface area contributed by atoms with Crippen LogP contribution < -0.4 is 11.3 Å². The minimum atomic E-state index is -0.335. The second-order valence-corrected chi connectivity index (χ2v) is 4.18. The van der Waals surface area contributed by atoms with Gasteiger partial charge in [0.1, 0.15) is 11.2 Å². The topological polar surface area (TPSA) is 71.8 Å². The SMILES string of the molecule is Nc1c(=O)[nH]nc2c1ccc1ccsc12. The Morgan fingerprint density at radius 3 is 3.07 bits per heavy atom. The number of benzene rings is 1. The molecule has 0 radical (unpaired) electrons. The Morgan fingerprint density at radius 1 is 1.33 bits per heavy atom. The van der Waals surface area contributed by atoms with E-state index >= 15 is 0 Å². The van der Waals surface area contributed by atoms with E-state index in [0.29, 0.717) is 5.39 Å². The molecule has 1 aromatic carbocycles. The number of nitrogens with zero attached hydrogens (tertiary/aromatic N) is 1. The molecule has 0 bridgehead atoms. The molecule has 74 valence electrons. The Bertz CT molecular complexity index is 713. The molecule has 3 N–H and O–H groups in total. The Morgan fingerprint density at radius 2 is 2.20 bits per heavy atom. The number of H-pyrrole nitrogens is 1. The quantitative estimate of drug-likeness (QED) is 0.602. The molecule has 4 nitrogen and oxygen atoms in total. The van der Waals surface area contributed by atoms with Gasteiger partial charge in [0.2, 0.25) is 0 Å². The summed E-state index contributed by atoms with van der Waals surface area (Å²) in [6, 6.07) is 5.80. The fourth-order valence-corrected chi connectivity index (χ4v) is 2.52. The van der Waals surface area contributed by atoms with E-state index < -0.39 is 0 Å². The molecule has 0 saturated heterocycles. The van der Waals surface area contributed by atoms with Crippen molar-refractivity contribution in [2.45, 2.75) is 0 Å². The van der Waals surface area contributed by atoms with Gasteiger partial charge in [-0.2, -0.15) is 5.10 Å². The van der Waals surface area contributed by atoms with E-state index in [1.54, 1.807) is 11.3 Å². The third-order valence-electron chi connectivity index (χ3n) is 2.40. The van der Waals surface area contributed by atoms with Crippen LogP contribution in [0.2, 0.25) is 0 Å². The van der Waals surface area contributed by atoms with Gasteiger partial charge in [-0.25, -0.2) is 5.10 Å². The zero-order valence-corrected chi connectivity index (χ0v) is 8.47. The van der Waals surface area contributed by atoms with Gasteiger partial charge in [-0.3, -0.25) is 4.79 Å². The lowest BCUT2D eigenvalue weighted by molar-refractivity contribution is 1.04. The number of anilines is 1. The Balaban J connectivity index is 2.66. The van der Waals surface area contributed by atoms with E-state index in [1.165, 1.54) is 0 Å². The van der Waals surface area contributed by atoms with Gasteiger partial charge in [0, 0.05) is 5.39 Å². The van der Waals surface area contributed by atoms with Crippen molar-refractivity contribution < 1.29 is 0 Å². The van der Waals surface area contributed by atoms with Crippen LogP contribution in [0.25, 0.3) is 21.0 Å². The molecule has 2 aromatic heterocycles. The number of rotatable bonds is 0. The summed E-state index contributed by atoms with van der Waals surface area (Å²) in [6.07, 6.45) is 0. The smallest absolute Gasteiger partial charge is 0.287 e. The van der Waals surface area contributed by atoms with Crippen LogP contribution >= 0.6 is 11.3 Å². The fraction of sp³-hybridized carbons (Fsp3) is 0. The standard InChI is InChI=1S/C10H7N3OS/c11-7-6-2-1-5-3-4-15-9(5)8(6)12-13-10(7)14/h1-4H,(H2,11,12)(H,13,14). The summed E-state index contributed by atoms with van der Waals surface area (Å²) in [7, 11) is 0. The van der Waals surface area contributed by atoms with Crippen molar-refractivity contribution in [2.24, 2.45) is 0 Å². The van der Waals surface area contributed by atoms with E-state index in [0.717, 1.165) is 15.6 Å². The van der Waals surface area contributed by atoms with Crippen LogP contribution in [0.15, 0.2) is 28.4 Å². The third kappa shape index (κ3) is 1.07. The predicted molar refractivity (Wildman–Crippen MR) is 62.2 cm³/mol. The lowest BCUT2D eigenvalue weighted by atomic mass is 10.1. The lowest BCUT2D eigenvalue weighted by Crippen LogP contribution is -2.13. The van der Waals surface area contributed by atoms with Crippen LogP contribution in [0.5, 0.6) is 0 Å². The number of hydrogen-bond acceptors (Lipinski definition) is 4. The van der Waals surface area contributed by atoms with Gasteiger partial charge in [0.15, 0.2) is 0 Å². The second-order valence-electron chi connectivity index (χ2n) is 3.27. The summed E-state index contributed by atoms with van der Waals surface area (Å²) in [6.45, 7) is 0. The number of thiophene rings is 1. The molecular weight excluding hydrogens is 210 g/mol. The highest BCUT2D eigenvalue weighted by Gasteiger charge is 2.07. The van der Waals surface area contributed by atoms with Crippen LogP contribution in [0.4, 0.5) is 5.69 Å². The van der Waals surface area contributed by atoms with Gasteiger partial charge >= 0.3 is 0 Å². The van der Waals surface area contributed by atoms with Gasteiger partial charge in [-0.15, -0.1) is 11.3 Å². The number of hydrogen-bond donors (Lipinski definition) is 2. The zero-order valence-electron chi connectivity index (χ0n) is 7.65. The molecule has 2 heterocycles. The average molecular weight is 217 g/mol. The second kappa shape index (κ2) is 2.80. The predicted octanol–water partition coefficient (Wildman–Crippen LogP) is 1.72. The minimum Gasteiger partial charge on any atom is -0.394 e. The highest BCUT2D eigenvalue weighted by Crippen LogP contribution is 2.28. The molecule has 0 atom stereocenters. The molecular formula is C10H7N3OS. The van der Waals surface area contributed by atoms with Gasteiger partial charge < -0.3 is 5.73 Å². The largest absolute Gasteiger partial charge is 0.394 e. The Kier molecular flexibility index (Phi) is 1.58. The van der Waals surface area contributed by atoms with Crippen LogP contribution in [-0.4, -0.2) is 10.2 Å². The van der Waals surface area contributed by atoms with Gasteiger partial charge in [0.25, 0.3) is 5.56 Å². The molecule has 3 rings (SSSR count). The van der Waals surface area contributed by atoms with Crippen molar-refractivity contribution in [3.8, 4) is 0 Å². The molecule has 0 aliphatic rings. The van der Waals surface area contributed by atoms with Gasteiger partial charge in [-0.1, -0.05) is 6.07 Å². The first-order chi connectivity index (χ1) is 7.27. The fourth-order valence-electron chi connectivity index (χ4n) is 1.63. The first-order valence-electron chi connectivity index (χ1n) is 4.41. The summed E-state index contributed by atoms with van der Waals surface area (Å²) < 4.78 is 1.05.